The molecule has 1 saturated heterocycles. The van der Waals surface area contributed by atoms with Gasteiger partial charge in [-0.3, -0.25) is 9.48 Å². The molecule has 6 heteroatoms. The van der Waals surface area contributed by atoms with Gasteiger partial charge in [0.15, 0.2) is 5.69 Å². The van der Waals surface area contributed by atoms with Crippen LogP contribution in [0.25, 0.3) is 0 Å². The second-order valence-corrected chi connectivity index (χ2v) is 5.13. The molecule has 1 aromatic carbocycles. The normalized spacial score (nSPS) is 19.3. The quantitative estimate of drug-likeness (QED) is 0.837. The maximum absolute atomic E-state index is 12.4. The Kier molecular flexibility index (Phi) is 3.96. The Morgan fingerprint density at radius 1 is 1.29 bits per heavy atom. The molecule has 0 aliphatic carbocycles. The second kappa shape index (κ2) is 6.05. The van der Waals surface area contributed by atoms with E-state index in [2.05, 4.69) is 22.4 Å². The van der Waals surface area contributed by atoms with Gasteiger partial charge in [0.1, 0.15) is 0 Å². The summed E-state index contributed by atoms with van der Waals surface area (Å²) in [5.41, 5.74) is 1.54. The molecule has 1 unspecified atom stereocenters. The number of carbonyl (C=O) groups is 1. The van der Waals surface area contributed by atoms with E-state index in [0.29, 0.717) is 25.4 Å². The van der Waals surface area contributed by atoms with Gasteiger partial charge in [-0.2, -0.15) is 0 Å². The molecule has 0 spiro atoms. The molecule has 6 nitrogen and oxygen atoms in total. The molecule has 2 aromatic rings. The van der Waals surface area contributed by atoms with Gasteiger partial charge in [-0.25, -0.2) is 0 Å². The Balaban J connectivity index is 1.67. The predicted molar refractivity (Wildman–Crippen MR) is 76.7 cm³/mol. The first-order chi connectivity index (χ1) is 10.2. The molecule has 2 heterocycles. The molecule has 1 aliphatic rings. The predicted octanol–water partition coefficient (Wildman–Crippen LogP) is 1.42. The molecule has 21 heavy (non-hydrogen) atoms. The van der Waals surface area contributed by atoms with Gasteiger partial charge in [0.2, 0.25) is 0 Å². The molecular weight excluding hydrogens is 268 g/mol. The van der Waals surface area contributed by atoms with Crippen LogP contribution in [0, 0.1) is 0 Å². The van der Waals surface area contributed by atoms with E-state index in [9.17, 15) is 4.79 Å². The molecule has 0 N–H and O–H groups in total. The van der Waals surface area contributed by atoms with E-state index in [-0.39, 0.29) is 12.0 Å². The van der Waals surface area contributed by atoms with E-state index >= 15 is 0 Å². The molecule has 1 atom stereocenters. The highest BCUT2D eigenvalue weighted by Gasteiger charge is 2.24. The van der Waals surface area contributed by atoms with Crippen molar-refractivity contribution in [3.63, 3.8) is 0 Å². The fraction of sp³-hybridized carbons (Fsp3) is 0.400. The molecule has 3 rings (SSSR count). The number of rotatable bonds is 2. The van der Waals surface area contributed by atoms with Crippen molar-refractivity contribution in [2.45, 2.75) is 12.5 Å². The van der Waals surface area contributed by atoms with E-state index in [1.807, 2.05) is 18.2 Å². The average Bonchev–Trinajstić information content (AvgIpc) is 2.81. The van der Waals surface area contributed by atoms with Crippen LogP contribution in [-0.2, 0) is 11.8 Å². The number of nitrogens with zero attached hydrogens (tertiary/aromatic N) is 4. The maximum Gasteiger partial charge on any atom is 0.276 e. The number of hydrogen-bond donors (Lipinski definition) is 0. The van der Waals surface area contributed by atoms with Crippen LogP contribution in [0.4, 0.5) is 0 Å². The molecule has 1 aromatic heterocycles. The van der Waals surface area contributed by atoms with E-state index in [1.54, 1.807) is 18.1 Å². The standard InChI is InChI=1S/C15H18N4O2/c1-18-11-13(16-17-18)15(20)19-8-7-14(21-10-9-19)12-5-3-2-4-6-12/h2-6,11,14H,7-10H2,1H3. The third-order valence-electron chi connectivity index (χ3n) is 3.62. The van der Waals surface area contributed by atoms with Crippen molar-refractivity contribution in [1.82, 2.24) is 19.9 Å². The van der Waals surface area contributed by atoms with E-state index < -0.39 is 0 Å². The molecule has 1 amide bonds. The Morgan fingerprint density at radius 2 is 2.10 bits per heavy atom. The van der Waals surface area contributed by atoms with Crippen LogP contribution in [0.5, 0.6) is 0 Å². The molecule has 1 aliphatic heterocycles. The van der Waals surface area contributed by atoms with Crippen molar-refractivity contribution in [3.05, 3.63) is 47.8 Å². The number of benzene rings is 1. The highest BCUT2D eigenvalue weighted by molar-refractivity contribution is 5.91. The lowest BCUT2D eigenvalue weighted by Crippen LogP contribution is -2.33. The van der Waals surface area contributed by atoms with Gasteiger partial charge in [-0.15, -0.1) is 5.10 Å². The minimum atomic E-state index is -0.0830. The first kappa shape index (κ1) is 13.8. The van der Waals surface area contributed by atoms with Crippen molar-refractivity contribution >= 4 is 5.91 Å². The fourth-order valence-corrected chi connectivity index (χ4v) is 2.51. The summed E-state index contributed by atoms with van der Waals surface area (Å²) in [7, 11) is 1.75. The Bertz CT molecular complexity index is 611. The summed E-state index contributed by atoms with van der Waals surface area (Å²) in [6.07, 6.45) is 2.48. The summed E-state index contributed by atoms with van der Waals surface area (Å²) in [6.45, 7) is 1.78. The zero-order valence-corrected chi connectivity index (χ0v) is 12.0. The van der Waals surface area contributed by atoms with Crippen molar-refractivity contribution in [1.29, 1.82) is 0 Å². The number of amides is 1. The van der Waals surface area contributed by atoms with E-state index in [1.165, 1.54) is 4.68 Å². The van der Waals surface area contributed by atoms with Gasteiger partial charge < -0.3 is 9.64 Å². The Hall–Kier alpha value is -2.21. The first-order valence-corrected chi connectivity index (χ1v) is 7.06. The van der Waals surface area contributed by atoms with Crippen molar-refractivity contribution in [3.8, 4) is 0 Å². The smallest absolute Gasteiger partial charge is 0.276 e. The van der Waals surface area contributed by atoms with Crippen LogP contribution in [0.15, 0.2) is 36.5 Å². The summed E-state index contributed by atoms with van der Waals surface area (Å²) < 4.78 is 7.41. The minimum Gasteiger partial charge on any atom is -0.372 e. The zero-order valence-electron chi connectivity index (χ0n) is 12.0. The van der Waals surface area contributed by atoms with E-state index in [4.69, 9.17) is 4.74 Å². The molecular formula is C15H18N4O2. The van der Waals surface area contributed by atoms with Crippen LogP contribution >= 0.6 is 0 Å². The summed E-state index contributed by atoms with van der Waals surface area (Å²) in [6, 6.07) is 10.1. The second-order valence-electron chi connectivity index (χ2n) is 5.13. The number of aryl methyl sites for hydroxylation is 1. The van der Waals surface area contributed by atoms with Gasteiger partial charge >= 0.3 is 0 Å². The maximum atomic E-state index is 12.4. The van der Waals surface area contributed by atoms with Gasteiger partial charge in [0, 0.05) is 20.1 Å². The van der Waals surface area contributed by atoms with Gasteiger partial charge in [0.05, 0.1) is 18.9 Å². The molecule has 110 valence electrons. The van der Waals surface area contributed by atoms with Crippen LogP contribution in [0.3, 0.4) is 0 Å². The zero-order chi connectivity index (χ0) is 14.7. The first-order valence-electron chi connectivity index (χ1n) is 7.06. The topological polar surface area (TPSA) is 60.2 Å². The molecule has 0 radical (unpaired) electrons. The van der Waals surface area contributed by atoms with Crippen LogP contribution in [-0.4, -0.2) is 45.5 Å². The van der Waals surface area contributed by atoms with Crippen LogP contribution in [0.1, 0.15) is 28.6 Å². The minimum absolute atomic E-state index is 0.0471. The van der Waals surface area contributed by atoms with Crippen LogP contribution in [0.2, 0.25) is 0 Å². The largest absolute Gasteiger partial charge is 0.372 e. The Morgan fingerprint density at radius 3 is 2.81 bits per heavy atom. The highest BCUT2D eigenvalue weighted by Crippen LogP contribution is 2.23. The summed E-state index contributed by atoms with van der Waals surface area (Å²) in [5.74, 6) is -0.0830. The van der Waals surface area contributed by atoms with Gasteiger partial charge in [-0.1, -0.05) is 35.5 Å². The van der Waals surface area contributed by atoms with Crippen LogP contribution < -0.4 is 0 Å². The molecule has 0 saturated carbocycles. The fourth-order valence-electron chi connectivity index (χ4n) is 2.51. The van der Waals surface area contributed by atoms with Gasteiger partial charge in [-0.05, 0) is 12.0 Å². The monoisotopic (exact) mass is 286 g/mol. The third kappa shape index (κ3) is 3.11. The lowest BCUT2D eigenvalue weighted by molar-refractivity contribution is 0.0583. The SMILES string of the molecule is Cn1cc(C(=O)N2CCOC(c3ccccc3)CC2)nn1. The summed E-state index contributed by atoms with van der Waals surface area (Å²) in [5, 5.41) is 7.69. The molecule has 0 bridgehead atoms. The number of aromatic nitrogens is 3. The lowest BCUT2D eigenvalue weighted by atomic mass is 10.1. The van der Waals surface area contributed by atoms with Gasteiger partial charge in [0.25, 0.3) is 5.91 Å². The number of ether oxygens (including phenoxy) is 1. The Labute approximate surface area is 123 Å². The van der Waals surface area contributed by atoms with E-state index in [0.717, 1.165) is 12.0 Å². The van der Waals surface area contributed by atoms with Crippen molar-refractivity contribution in [2.75, 3.05) is 19.7 Å². The average molecular weight is 286 g/mol. The highest BCUT2D eigenvalue weighted by atomic mass is 16.5. The lowest BCUT2D eigenvalue weighted by Gasteiger charge is -2.18. The summed E-state index contributed by atoms with van der Waals surface area (Å²) in [4.78, 5) is 14.1. The summed E-state index contributed by atoms with van der Waals surface area (Å²) >= 11 is 0. The van der Waals surface area contributed by atoms with Crippen molar-refractivity contribution in [2.24, 2.45) is 7.05 Å². The third-order valence-corrected chi connectivity index (χ3v) is 3.62. The number of hydrogen-bond acceptors (Lipinski definition) is 4. The van der Waals surface area contributed by atoms with Crippen molar-refractivity contribution < 1.29 is 9.53 Å². The number of carbonyl (C=O) groups excluding carboxylic acids is 1. The molecule has 1 fully saturated rings.